The number of aliphatic carboxylic acids is 1. The van der Waals surface area contributed by atoms with Gasteiger partial charge in [-0.2, -0.15) is 0 Å². The van der Waals surface area contributed by atoms with Crippen LogP contribution in [0.5, 0.6) is 0 Å². The number of nitrogens with zero attached hydrogens (tertiary/aromatic N) is 1. The maximum Gasteiger partial charge on any atom is 0.323 e. The van der Waals surface area contributed by atoms with Crippen molar-refractivity contribution < 1.29 is 14.7 Å². The van der Waals surface area contributed by atoms with Crippen LogP contribution in [-0.2, 0) is 4.79 Å². The Morgan fingerprint density at radius 2 is 1.88 bits per heavy atom. The molecule has 5 heteroatoms. The third kappa shape index (κ3) is 6.81. The van der Waals surface area contributed by atoms with E-state index in [0.29, 0.717) is 13.1 Å². The lowest BCUT2D eigenvalue weighted by Gasteiger charge is -2.26. The van der Waals surface area contributed by atoms with E-state index in [4.69, 9.17) is 5.11 Å². The van der Waals surface area contributed by atoms with Gasteiger partial charge in [0.25, 0.3) is 0 Å². The van der Waals surface area contributed by atoms with Gasteiger partial charge in [-0.3, -0.25) is 4.79 Å². The fraction of sp³-hybridized carbons (Fsp3) is 0.833. The Kier molecular flexibility index (Phi) is 6.61. The molecule has 0 fully saturated rings. The number of carboxylic acids is 1. The molecule has 0 spiro atoms. The third-order valence-corrected chi connectivity index (χ3v) is 2.78. The van der Waals surface area contributed by atoms with Crippen LogP contribution < -0.4 is 5.32 Å². The summed E-state index contributed by atoms with van der Waals surface area (Å²) in [5.41, 5.74) is 0.0385. The SMILES string of the molecule is CCCN(CC(=O)O)C(=O)NCC(C)(C)CC. The molecule has 17 heavy (non-hydrogen) atoms. The van der Waals surface area contributed by atoms with Crippen molar-refractivity contribution >= 4 is 12.0 Å². The van der Waals surface area contributed by atoms with Crippen molar-refractivity contribution in [1.82, 2.24) is 10.2 Å². The van der Waals surface area contributed by atoms with E-state index in [-0.39, 0.29) is 18.0 Å². The first kappa shape index (κ1) is 15.7. The molecule has 2 N–H and O–H groups in total. The van der Waals surface area contributed by atoms with Crippen molar-refractivity contribution in [2.24, 2.45) is 5.41 Å². The molecule has 0 aliphatic heterocycles. The average Bonchev–Trinajstić information content (AvgIpc) is 2.25. The number of carbonyl (C=O) groups excluding carboxylic acids is 1. The molecule has 0 rings (SSSR count). The van der Waals surface area contributed by atoms with E-state index < -0.39 is 5.97 Å². The van der Waals surface area contributed by atoms with Gasteiger partial charge < -0.3 is 15.3 Å². The lowest BCUT2D eigenvalue weighted by atomic mass is 9.90. The van der Waals surface area contributed by atoms with E-state index in [9.17, 15) is 9.59 Å². The molecular formula is C12H24N2O3. The van der Waals surface area contributed by atoms with Gasteiger partial charge in [0.1, 0.15) is 6.54 Å². The molecule has 0 radical (unpaired) electrons. The van der Waals surface area contributed by atoms with E-state index in [0.717, 1.165) is 12.8 Å². The Morgan fingerprint density at radius 3 is 2.29 bits per heavy atom. The van der Waals surface area contributed by atoms with Crippen molar-refractivity contribution in [3.63, 3.8) is 0 Å². The molecule has 0 unspecified atom stereocenters. The minimum atomic E-state index is -0.983. The summed E-state index contributed by atoms with van der Waals surface area (Å²) in [6.45, 7) is 8.88. The van der Waals surface area contributed by atoms with Gasteiger partial charge in [0, 0.05) is 13.1 Å². The van der Waals surface area contributed by atoms with Gasteiger partial charge in [-0.15, -0.1) is 0 Å². The van der Waals surface area contributed by atoms with Crippen LogP contribution in [0.1, 0.15) is 40.5 Å². The number of nitrogens with one attached hydrogen (secondary N) is 1. The minimum absolute atomic E-state index is 0.0385. The summed E-state index contributed by atoms with van der Waals surface area (Å²) in [5.74, 6) is -0.983. The number of carbonyl (C=O) groups is 2. The predicted octanol–water partition coefficient (Wildman–Crippen LogP) is 1.93. The maximum absolute atomic E-state index is 11.8. The standard InChI is InChI=1S/C12H24N2O3/c1-5-7-14(8-10(15)16)11(17)13-9-12(3,4)6-2/h5-9H2,1-4H3,(H,13,17)(H,15,16). The van der Waals surface area contributed by atoms with Crippen LogP contribution in [0.25, 0.3) is 0 Å². The first-order valence-electron chi connectivity index (χ1n) is 6.07. The van der Waals surface area contributed by atoms with Crippen molar-refractivity contribution in [2.45, 2.75) is 40.5 Å². The molecule has 0 aliphatic carbocycles. The van der Waals surface area contributed by atoms with Crippen LogP contribution >= 0.6 is 0 Å². The Bertz CT molecular complexity index is 264. The molecule has 100 valence electrons. The van der Waals surface area contributed by atoms with Crippen molar-refractivity contribution in [3.8, 4) is 0 Å². The van der Waals surface area contributed by atoms with Gasteiger partial charge in [-0.05, 0) is 18.3 Å². The summed E-state index contributed by atoms with van der Waals surface area (Å²) in [4.78, 5) is 23.7. The lowest BCUT2D eigenvalue weighted by Crippen LogP contribution is -2.45. The van der Waals surface area contributed by atoms with Gasteiger partial charge in [0.15, 0.2) is 0 Å². The van der Waals surface area contributed by atoms with Crippen molar-refractivity contribution in [1.29, 1.82) is 0 Å². The van der Waals surface area contributed by atoms with Crippen LogP contribution in [0.15, 0.2) is 0 Å². The smallest absolute Gasteiger partial charge is 0.323 e. The Morgan fingerprint density at radius 1 is 1.29 bits per heavy atom. The van der Waals surface area contributed by atoms with Gasteiger partial charge in [-0.25, -0.2) is 4.79 Å². The number of hydrogen-bond acceptors (Lipinski definition) is 2. The third-order valence-electron chi connectivity index (χ3n) is 2.78. The first-order valence-corrected chi connectivity index (χ1v) is 6.07. The second kappa shape index (κ2) is 7.14. The summed E-state index contributed by atoms with van der Waals surface area (Å²) < 4.78 is 0. The normalized spacial score (nSPS) is 11.1. The molecule has 2 amide bonds. The first-order chi connectivity index (χ1) is 7.82. The Labute approximate surface area is 103 Å². The molecule has 0 aromatic heterocycles. The molecule has 0 saturated carbocycles. The maximum atomic E-state index is 11.8. The molecule has 0 aliphatic rings. The average molecular weight is 244 g/mol. The van der Waals surface area contributed by atoms with Crippen LogP contribution in [0.2, 0.25) is 0 Å². The topological polar surface area (TPSA) is 69.6 Å². The summed E-state index contributed by atoms with van der Waals surface area (Å²) >= 11 is 0. The van der Waals surface area contributed by atoms with E-state index in [1.807, 2.05) is 6.92 Å². The van der Waals surface area contributed by atoms with Gasteiger partial charge in [0.2, 0.25) is 0 Å². The highest BCUT2D eigenvalue weighted by molar-refractivity contribution is 5.80. The highest BCUT2D eigenvalue weighted by Gasteiger charge is 2.20. The van der Waals surface area contributed by atoms with Gasteiger partial charge in [0.05, 0.1) is 0 Å². The lowest BCUT2D eigenvalue weighted by molar-refractivity contribution is -0.137. The summed E-state index contributed by atoms with van der Waals surface area (Å²) in [6, 6.07) is -0.296. The molecule has 0 saturated heterocycles. The fourth-order valence-corrected chi connectivity index (χ4v) is 1.24. The van der Waals surface area contributed by atoms with E-state index in [2.05, 4.69) is 26.1 Å². The molecule has 5 nitrogen and oxygen atoms in total. The van der Waals surface area contributed by atoms with Crippen molar-refractivity contribution in [3.05, 3.63) is 0 Å². The second-order valence-electron chi connectivity index (χ2n) is 4.99. The highest BCUT2D eigenvalue weighted by atomic mass is 16.4. The van der Waals surface area contributed by atoms with E-state index >= 15 is 0 Å². The van der Waals surface area contributed by atoms with E-state index in [1.54, 1.807) is 0 Å². The molecule has 0 atom stereocenters. The quantitative estimate of drug-likeness (QED) is 0.719. The molecule has 0 heterocycles. The van der Waals surface area contributed by atoms with E-state index in [1.165, 1.54) is 4.90 Å². The van der Waals surface area contributed by atoms with Crippen LogP contribution in [-0.4, -0.2) is 41.6 Å². The summed E-state index contributed by atoms with van der Waals surface area (Å²) in [7, 11) is 0. The number of carboxylic acid groups (broad SMARTS) is 1. The van der Waals surface area contributed by atoms with Crippen LogP contribution in [0, 0.1) is 5.41 Å². The molecule has 0 bridgehead atoms. The molecule has 0 aromatic carbocycles. The largest absolute Gasteiger partial charge is 0.480 e. The second-order valence-corrected chi connectivity index (χ2v) is 4.99. The minimum Gasteiger partial charge on any atom is -0.480 e. The Balaban J connectivity index is 4.27. The predicted molar refractivity (Wildman–Crippen MR) is 67.0 cm³/mol. The zero-order valence-corrected chi connectivity index (χ0v) is 11.2. The zero-order valence-electron chi connectivity index (χ0n) is 11.2. The fourth-order valence-electron chi connectivity index (χ4n) is 1.24. The van der Waals surface area contributed by atoms with Gasteiger partial charge in [-0.1, -0.05) is 27.7 Å². The zero-order chi connectivity index (χ0) is 13.5. The van der Waals surface area contributed by atoms with Crippen molar-refractivity contribution in [2.75, 3.05) is 19.6 Å². The summed E-state index contributed by atoms with van der Waals surface area (Å²) in [5, 5.41) is 11.5. The highest BCUT2D eigenvalue weighted by Crippen LogP contribution is 2.17. The molecular weight excluding hydrogens is 220 g/mol. The Hall–Kier alpha value is -1.26. The molecule has 0 aromatic rings. The number of urea groups is 1. The van der Waals surface area contributed by atoms with Gasteiger partial charge >= 0.3 is 12.0 Å². The summed E-state index contributed by atoms with van der Waals surface area (Å²) in [6.07, 6.45) is 1.71. The van der Waals surface area contributed by atoms with Crippen LogP contribution in [0.4, 0.5) is 4.79 Å². The van der Waals surface area contributed by atoms with Crippen LogP contribution in [0.3, 0.4) is 0 Å². The number of amides is 2. The number of hydrogen-bond donors (Lipinski definition) is 2. The number of rotatable bonds is 7. The monoisotopic (exact) mass is 244 g/mol.